The number of alkyl halides is 1. The largest absolute Gasteiger partial charge is 0.457 e. The van der Waals surface area contributed by atoms with Crippen LogP contribution < -0.4 is 4.74 Å². The number of benzene rings is 2. The highest BCUT2D eigenvalue weighted by atomic mass is 35.5. The molecule has 0 bridgehead atoms. The third-order valence-electron chi connectivity index (χ3n) is 2.76. The molecule has 4 nitrogen and oxygen atoms in total. The smallest absolute Gasteiger partial charge is 0.270 e. The lowest BCUT2D eigenvalue weighted by Crippen LogP contribution is -1.94. The summed E-state index contributed by atoms with van der Waals surface area (Å²) in [6, 6.07) is 8.52. The average Bonchev–Trinajstić information content (AvgIpc) is 2.43. The predicted molar refractivity (Wildman–Crippen MR) is 73.9 cm³/mol. The van der Waals surface area contributed by atoms with Crippen LogP contribution in [0, 0.1) is 22.9 Å². The van der Waals surface area contributed by atoms with Crippen LogP contribution in [0.4, 0.5) is 10.1 Å². The molecule has 0 N–H and O–H groups in total. The van der Waals surface area contributed by atoms with Gasteiger partial charge in [0.05, 0.1) is 10.8 Å². The van der Waals surface area contributed by atoms with Crippen LogP contribution in [0.3, 0.4) is 0 Å². The minimum Gasteiger partial charge on any atom is -0.457 e. The van der Waals surface area contributed by atoms with Gasteiger partial charge in [0.25, 0.3) is 5.69 Å². The highest BCUT2D eigenvalue weighted by Gasteiger charge is 2.12. The number of non-ortho nitro benzene ring substituents is 1. The van der Waals surface area contributed by atoms with Gasteiger partial charge in [-0.3, -0.25) is 10.1 Å². The van der Waals surface area contributed by atoms with E-state index in [1.807, 2.05) is 0 Å². The lowest BCUT2D eigenvalue weighted by molar-refractivity contribution is -0.384. The highest BCUT2D eigenvalue weighted by molar-refractivity contribution is 6.17. The molecular formula is C14H11ClFNO3. The van der Waals surface area contributed by atoms with Crippen molar-refractivity contribution in [3.8, 4) is 11.5 Å². The first-order valence-corrected chi connectivity index (χ1v) is 6.32. The molecule has 104 valence electrons. The number of hydrogen-bond acceptors (Lipinski definition) is 3. The number of ether oxygens (including phenoxy) is 1. The van der Waals surface area contributed by atoms with E-state index in [4.69, 9.17) is 16.3 Å². The molecule has 20 heavy (non-hydrogen) atoms. The molecule has 0 aromatic heterocycles. The molecule has 2 aromatic carbocycles. The Hall–Kier alpha value is -2.14. The lowest BCUT2D eigenvalue weighted by Gasteiger charge is -2.10. The van der Waals surface area contributed by atoms with Gasteiger partial charge in [-0.15, -0.1) is 11.6 Å². The second-order valence-electron chi connectivity index (χ2n) is 4.20. The molecule has 2 aromatic rings. The van der Waals surface area contributed by atoms with Crippen LogP contribution in [0.15, 0.2) is 36.4 Å². The first-order valence-electron chi connectivity index (χ1n) is 5.78. The van der Waals surface area contributed by atoms with Crippen molar-refractivity contribution in [3.63, 3.8) is 0 Å². The molecule has 6 heteroatoms. The Bertz CT molecular complexity index is 661. The van der Waals surface area contributed by atoms with Gasteiger partial charge in [-0.25, -0.2) is 4.39 Å². The summed E-state index contributed by atoms with van der Waals surface area (Å²) in [5, 5.41) is 10.7. The Morgan fingerprint density at radius 2 is 2.05 bits per heavy atom. The number of aryl methyl sites for hydroxylation is 1. The van der Waals surface area contributed by atoms with Crippen molar-refractivity contribution in [2.24, 2.45) is 0 Å². The fourth-order valence-electron chi connectivity index (χ4n) is 1.69. The molecule has 0 fully saturated rings. The summed E-state index contributed by atoms with van der Waals surface area (Å²) in [5.41, 5.74) is 0.906. The number of rotatable bonds is 4. The molecule has 0 amide bonds. The number of nitrogens with zero attached hydrogens (tertiary/aromatic N) is 1. The Morgan fingerprint density at radius 1 is 1.30 bits per heavy atom. The van der Waals surface area contributed by atoms with E-state index in [1.165, 1.54) is 30.3 Å². The van der Waals surface area contributed by atoms with Gasteiger partial charge in [-0.05, 0) is 36.8 Å². The number of nitro groups is 1. The molecule has 0 saturated heterocycles. The zero-order chi connectivity index (χ0) is 14.7. The number of hydrogen-bond donors (Lipinski definition) is 0. The van der Waals surface area contributed by atoms with Crippen molar-refractivity contribution in [1.82, 2.24) is 0 Å². The van der Waals surface area contributed by atoms with Crippen LogP contribution in [-0.2, 0) is 5.88 Å². The number of nitro benzene ring substituents is 1. The number of halogens is 2. The quantitative estimate of drug-likeness (QED) is 0.471. The van der Waals surface area contributed by atoms with Gasteiger partial charge in [0.2, 0.25) is 0 Å². The van der Waals surface area contributed by atoms with Gasteiger partial charge in [0.15, 0.2) is 0 Å². The molecular weight excluding hydrogens is 285 g/mol. The summed E-state index contributed by atoms with van der Waals surface area (Å²) in [6.45, 7) is 1.63. The molecule has 0 radical (unpaired) electrons. The predicted octanol–water partition coefficient (Wildman–Crippen LogP) is 4.57. The van der Waals surface area contributed by atoms with Crippen molar-refractivity contribution in [1.29, 1.82) is 0 Å². The summed E-state index contributed by atoms with van der Waals surface area (Å²) in [4.78, 5) is 10.2. The fraction of sp³-hybridized carbons (Fsp3) is 0.143. The van der Waals surface area contributed by atoms with Gasteiger partial charge >= 0.3 is 0 Å². The molecule has 0 aliphatic heterocycles. The van der Waals surface area contributed by atoms with Crippen LogP contribution >= 0.6 is 11.6 Å². The molecule has 0 heterocycles. The summed E-state index contributed by atoms with van der Waals surface area (Å²) >= 11 is 5.77. The van der Waals surface area contributed by atoms with E-state index in [-0.39, 0.29) is 17.4 Å². The first kappa shape index (κ1) is 14.3. The summed E-state index contributed by atoms with van der Waals surface area (Å²) in [5.74, 6) is 0.622. The van der Waals surface area contributed by atoms with Crippen molar-refractivity contribution in [3.05, 3.63) is 63.5 Å². The van der Waals surface area contributed by atoms with Crippen LogP contribution in [0.25, 0.3) is 0 Å². The fourth-order valence-corrected chi connectivity index (χ4v) is 1.90. The molecule has 0 unspecified atom stereocenters. The second kappa shape index (κ2) is 5.88. The Kier molecular flexibility index (Phi) is 4.20. The monoisotopic (exact) mass is 295 g/mol. The van der Waals surface area contributed by atoms with Crippen LogP contribution in [0.5, 0.6) is 11.5 Å². The molecule has 0 spiro atoms. The topological polar surface area (TPSA) is 52.4 Å². The van der Waals surface area contributed by atoms with Crippen LogP contribution in [0.2, 0.25) is 0 Å². The third kappa shape index (κ3) is 3.05. The van der Waals surface area contributed by atoms with E-state index in [0.717, 1.165) is 0 Å². The average molecular weight is 296 g/mol. The van der Waals surface area contributed by atoms with E-state index in [1.54, 1.807) is 13.0 Å². The third-order valence-corrected chi connectivity index (χ3v) is 3.04. The second-order valence-corrected chi connectivity index (χ2v) is 4.46. The SMILES string of the molecule is Cc1cc(Oc2ccc([N+](=O)[O-])cc2CCl)ccc1F. The highest BCUT2D eigenvalue weighted by Crippen LogP contribution is 2.30. The Labute approximate surface area is 119 Å². The van der Waals surface area contributed by atoms with Gasteiger partial charge in [-0.1, -0.05) is 0 Å². The van der Waals surface area contributed by atoms with Crippen molar-refractivity contribution >= 4 is 17.3 Å². The Morgan fingerprint density at radius 3 is 2.65 bits per heavy atom. The van der Waals surface area contributed by atoms with Crippen LogP contribution in [0.1, 0.15) is 11.1 Å². The molecule has 2 rings (SSSR count). The molecule has 0 aliphatic carbocycles. The lowest BCUT2D eigenvalue weighted by atomic mass is 10.2. The minimum atomic E-state index is -0.498. The molecule has 0 aliphatic rings. The maximum absolute atomic E-state index is 13.2. The molecule has 0 atom stereocenters. The van der Waals surface area contributed by atoms with E-state index < -0.39 is 4.92 Å². The van der Waals surface area contributed by atoms with E-state index >= 15 is 0 Å². The van der Waals surface area contributed by atoms with E-state index in [9.17, 15) is 14.5 Å². The van der Waals surface area contributed by atoms with Crippen molar-refractivity contribution in [2.45, 2.75) is 12.8 Å². The minimum absolute atomic E-state index is 0.0525. The summed E-state index contributed by atoms with van der Waals surface area (Å²) < 4.78 is 18.8. The van der Waals surface area contributed by atoms with E-state index in [0.29, 0.717) is 22.6 Å². The zero-order valence-electron chi connectivity index (χ0n) is 10.6. The van der Waals surface area contributed by atoms with Gasteiger partial charge in [0.1, 0.15) is 17.3 Å². The van der Waals surface area contributed by atoms with Crippen LogP contribution in [-0.4, -0.2) is 4.92 Å². The summed E-state index contributed by atoms with van der Waals surface area (Å²) in [7, 11) is 0. The van der Waals surface area contributed by atoms with Crippen molar-refractivity contribution < 1.29 is 14.1 Å². The van der Waals surface area contributed by atoms with Crippen molar-refractivity contribution in [2.75, 3.05) is 0 Å². The zero-order valence-corrected chi connectivity index (χ0v) is 11.4. The molecule has 0 saturated carbocycles. The Balaban J connectivity index is 2.32. The van der Waals surface area contributed by atoms with Gasteiger partial charge in [0, 0.05) is 17.7 Å². The normalized spacial score (nSPS) is 10.3. The maximum atomic E-state index is 13.2. The maximum Gasteiger partial charge on any atom is 0.270 e. The van der Waals surface area contributed by atoms with E-state index in [2.05, 4.69) is 0 Å². The van der Waals surface area contributed by atoms with Gasteiger partial charge in [-0.2, -0.15) is 0 Å². The standard InChI is InChI=1S/C14H11ClFNO3/c1-9-6-12(3-4-13(9)16)20-14-5-2-11(17(18)19)7-10(14)8-15/h2-7H,8H2,1H3. The summed E-state index contributed by atoms with van der Waals surface area (Å²) in [6.07, 6.45) is 0. The first-order chi connectivity index (χ1) is 9.51. The van der Waals surface area contributed by atoms with Gasteiger partial charge < -0.3 is 4.74 Å².